The van der Waals surface area contributed by atoms with Crippen LogP contribution in [0, 0.1) is 11.7 Å². The van der Waals surface area contributed by atoms with Crippen LogP contribution in [0.5, 0.6) is 0 Å². The highest BCUT2D eigenvalue weighted by atomic mass is 19.1. The van der Waals surface area contributed by atoms with E-state index in [-0.39, 0.29) is 11.9 Å². The SMILES string of the molecule is CN(c1ccc(F)cc1)C(CN)C1CCOC1. The number of nitrogens with zero attached hydrogens (tertiary/aromatic N) is 1. The Morgan fingerprint density at radius 2 is 2.18 bits per heavy atom. The molecule has 1 fully saturated rings. The van der Waals surface area contributed by atoms with Gasteiger partial charge in [0.15, 0.2) is 0 Å². The Bertz CT molecular complexity index is 349. The van der Waals surface area contributed by atoms with E-state index < -0.39 is 0 Å². The van der Waals surface area contributed by atoms with Crippen LogP contribution in [0.25, 0.3) is 0 Å². The summed E-state index contributed by atoms with van der Waals surface area (Å²) in [6, 6.07) is 6.78. The van der Waals surface area contributed by atoms with E-state index in [2.05, 4.69) is 4.90 Å². The lowest BCUT2D eigenvalue weighted by molar-refractivity contribution is 0.180. The zero-order valence-corrected chi connectivity index (χ0v) is 10.1. The van der Waals surface area contributed by atoms with Gasteiger partial charge in [-0.2, -0.15) is 0 Å². The highest BCUT2D eigenvalue weighted by Crippen LogP contribution is 2.24. The third-order valence-corrected chi connectivity index (χ3v) is 3.48. The topological polar surface area (TPSA) is 38.5 Å². The molecule has 2 atom stereocenters. The average molecular weight is 238 g/mol. The second-order valence-electron chi connectivity index (χ2n) is 4.51. The van der Waals surface area contributed by atoms with Gasteiger partial charge in [0, 0.05) is 37.8 Å². The van der Waals surface area contributed by atoms with Gasteiger partial charge < -0.3 is 15.4 Å². The predicted molar refractivity (Wildman–Crippen MR) is 66.6 cm³/mol. The summed E-state index contributed by atoms with van der Waals surface area (Å²) in [6.45, 7) is 2.17. The molecule has 1 saturated heterocycles. The van der Waals surface area contributed by atoms with Crippen LogP contribution in [0.15, 0.2) is 24.3 Å². The first-order valence-electron chi connectivity index (χ1n) is 5.98. The number of benzene rings is 1. The summed E-state index contributed by atoms with van der Waals surface area (Å²) < 4.78 is 18.3. The lowest BCUT2D eigenvalue weighted by atomic mass is 9.97. The molecule has 1 aliphatic rings. The van der Waals surface area contributed by atoms with E-state index in [4.69, 9.17) is 10.5 Å². The van der Waals surface area contributed by atoms with Crippen LogP contribution in [-0.2, 0) is 4.74 Å². The zero-order chi connectivity index (χ0) is 12.3. The average Bonchev–Trinajstić information content (AvgIpc) is 2.84. The number of anilines is 1. The van der Waals surface area contributed by atoms with Crippen molar-refractivity contribution in [2.45, 2.75) is 12.5 Å². The third kappa shape index (κ3) is 2.76. The fourth-order valence-corrected chi connectivity index (χ4v) is 2.39. The Morgan fingerprint density at radius 3 is 2.71 bits per heavy atom. The van der Waals surface area contributed by atoms with Crippen molar-refractivity contribution in [2.24, 2.45) is 11.7 Å². The first-order valence-corrected chi connectivity index (χ1v) is 5.98. The third-order valence-electron chi connectivity index (χ3n) is 3.48. The molecule has 0 aliphatic carbocycles. The largest absolute Gasteiger partial charge is 0.381 e. The Morgan fingerprint density at radius 1 is 1.47 bits per heavy atom. The summed E-state index contributed by atoms with van der Waals surface area (Å²) in [5.41, 5.74) is 6.84. The molecule has 17 heavy (non-hydrogen) atoms. The van der Waals surface area contributed by atoms with Crippen molar-refractivity contribution >= 4 is 5.69 Å². The maximum atomic E-state index is 12.9. The lowest BCUT2D eigenvalue weighted by Crippen LogP contribution is -2.44. The summed E-state index contributed by atoms with van der Waals surface area (Å²) in [5, 5.41) is 0. The first kappa shape index (κ1) is 12.3. The summed E-state index contributed by atoms with van der Waals surface area (Å²) in [5.74, 6) is 0.255. The van der Waals surface area contributed by atoms with Crippen LogP contribution >= 0.6 is 0 Å². The number of halogens is 1. The van der Waals surface area contributed by atoms with E-state index in [9.17, 15) is 4.39 Å². The van der Waals surface area contributed by atoms with Crippen molar-refractivity contribution in [2.75, 3.05) is 31.7 Å². The number of nitrogens with two attached hydrogens (primary N) is 1. The highest BCUT2D eigenvalue weighted by Gasteiger charge is 2.27. The molecule has 2 unspecified atom stereocenters. The van der Waals surface area contributed by atoms with Gasteiger partial charge in [0.25, 0.3) is 0 Å². The van der Waals surface area contributed by atoms with E-state index in [1.165, 1.54) is 12.1 Å². The molecule has 3 nitrogen and oxygen atoms in total. The van der Waals surface area contributed by atoms with Gasteiger partial charge in [0.2, 0.25) is 0 Å². The highest BCUT2D eigenvalue weighted by molar-refractivity contribution is 5.46. The molecule has 1 aromatic carbocycles. The van der Waals surface area contributed by atoms with Gasteiger partial charge in [-0.25, -0.2) is 4.39 Å². The molecule has 94 valence electrons. The summed E-state index contributed by atoms with van der Waals surface area (Å²) in [6.07, 6.45) is 1.05. The van der Waals surface area contributed by atoms with Crippen LogP contribution in [-0.4, -0.2) is 32.8 Å². The number of hydrogen-bond acceptors (Lipinski definition) is 3. The maximum Gasteiger partial charge on any atom is 0.123 e. The van der Waals surface area contributed by atoms with Gasteiger partial charge in [-0.1, -0.05) is 0 Å². The Balaban J connectivity index is 2.10. The molecule has 4 heteroatoms. The summed E-state index contributed by atoms with van der Waals surface area (Å²) >= 11 is 0. The smallest absolute Gasteiger partial charge is 0.123 e. The molecule has 1 aliphatic heterocycles. The fourth-order valence-electron chi connectivity index (χ4n) is 2.39. The number of hydrogen-bond donors (Lipinski definition) is 1. The Hall–Kier alpha value is -1.13. The second kappa shape index (κ2) is 5.47. The van der Waals surface area contributed by atoms with Gasteiger partial charge in [0.1, 0.15) is 5.82 Å². The van der Waals surface area contributed by atoms with Crippen LogP contribution in [0.4, 0.5) is 10.1 Å². The minimum Gasteiger partial charge on any atom is -0.381 e. The zero-order valence-electron chi connectivity index (χ0n) is 10.1. The van der Waals surface area contributed by atoms with Gasteiger partial charge in [-0.15, -0.1) is 0 Å². The Kier molecular flexibility index (Phi) is 3.97. The fraction of sp³-hybridized carbons (Fsp3) is 0.538. The van der Waals surface area contributed by atoms with Crippen molar-refractivity contribution in [1.29, 1.82) is 0 Å². The Labute approximate surface area is 101 Å². The molecule has 1 aromatic rings. The quantitative estimate of drug-likeness (QED) is 0.866. The van der Waals surface area contributed by atoms with Gasteiger partial charge in [0.05, 0.1) is 6.61 Å². The second-order valence-corrected chi connectivity index (χ2v) is 4.51. The van der Waals surface area contributed by atoms with E-state index in [0.717, 1.165) is 25.3 Å². The molecule has 1 heterocycles. The number of rotatable bonds is 4. The molecule has 0 spiro atoms. The van der Waals surface area contributed by atoms with E-state index in [1.807, 2.05) is 7.05 Å². The minimum atomic E-state index is -0.212. The monoisotopic (exact) mass is 238 g/mol. The number of likely N-dealkylation sites (N-methyl/N-ethyl adjacent to an activating group) is 1. The van der Waals surface area contributed by atoms with Gasteiger partial charge in [-0.3, -0.25) is 0 Å². The van der Waals surface area contributed by atoms with Crippen molar-refractivity contribution in [3.05, 3.63) is 30.1 Å². The normalized spacial score (nSPS) is 21.5. The van der Waals surface area contributed by atoms with Crippen molar-refractivity contribution < 1.29 is 9.13 Å². The van der Waals surface area contributed by atoms with E-state index >= 15 is 0 Å². The van der Waals surface area contributed by atoms with Crippen LogP contribution in [0.3, 0.4) is 0 Å². The summed E-state index contributed by atoms with van der Waals surface area (Å²) in [7, 11) is 2.00. The van der Waals surface area contributed by atoms with Gasteiger partial charge >= 0.3 is 0 Å². The molecule has 0 bridgehead atoms. The summed E-state index contributed by atoms with van der Waals surface area (Å²) in [4.78, 5) is 2.12. The van der Waals surface area contributed by atoms with Crippen molar-refractivity contribution in [3.63, 3.8) is 0 Å². The first-order chi connectivity index (χ1) is 8.22. The maximum absolute atomic E-state index is 12.9. The van der Waals surface area contributed by atoms with Crippen molar-refractivity contribution in [1.82, 2.24) is 0 Å². The molecule has 0 saturated carbocycles. The lowest BCUT2D eigenvalue weighted by Gasteiger charge is -2.32. The number of ether oxygens (including phenoxy) is 1. The molecule has 0 radical (unpaired) electrons. The molecular formula is C13H19FN2O. The molecule has 2 N–H and O–H groups in total. The standard InChI is InChI=1S/C13H19FN2O/c1-16(12-4-2-11(14)3-5-12)13(8-15)10-6-7-17-9-10/h2-5,10,13H,6-9,15H2,1H3. The van der Waals surface area contributed by atoms with Crippen LogP contribution in [0.1, 0.15) is 6.42 Å². The molecular weight excluding hydrogens is 219 g/mol. The van der Waals surface area contributed by atoms with Crippen LogP contribution < -0.4 is 10.6 Å². The van der Waals surface area contributed by atoms with Crippen LogP contribution in [0.2, 0.25) is 0 Å². The molecule has 0 aromatic heterocycles. The van der Waals surface area contributed by atoms with Crippen molar-refractivity contribution in [3.8, 4) is 0 Å². The molecule has 2 rings (SSSR count). The van der Waals surface area contributed by atoms with Gasteiger partial charge in [-0.05, 0) is 30.7 Å². The molecule has 0 amide bonds. The van der Waals surface area contributed by atoms with E-state index in [1.54, 1.807) is 12.1 Å². The van der Waals surface area contributed by atoms with E-state index in [0.29, 0.717) is 12.5 Å². The minimum absolute atomic E-state index is 0.212. The predicted octanol–water partition coefficient (Wildman–Crippen LogP) is 1.63.